The monoisotopic (exact) mass is 413 g/mol. The fraction of sp³-hybridized carbons (Fsp3) is 0.333. The molecule has 1 atom stereocenters. The first-order chi connectivity index (χ1) is 13.7. The van der Waals surface area contributed by atoms with Gasteiger partial charge in [0, 0.05) is 31.1 Å². The second-order valence-electron chi connectivity index (χ2n) is 6.69. The number of nitrogens with zero attached hydrogens (tertiary/aromatic N) is 3. The largest absolute Gasteiger partial charge is 0.481 e. The van der Waals surface area contributed by atoms with Gasteiger partial charge in [0.1, 0.15) is 5.75 Å². The van der Waals surface area contributed by atoms with Crippen molar-refractivity contribution in [3.8, 4) is 5.75 Å². The number of rotatable bonds is 5. The number of carbonyl (C=O) groups excluding carboxylic acids is 1. The van der Waals surface area contributed by atoms with Crippen LogP contribution in [0.2, 0.25) is 0 Å². The zero-order chi connectivity index (χ0) is 19.5. The molecule has 2 aromatic carbocycles. The molecule has 1 aromatic heterocycles. The van der Waals surface area contributed by atoms with Gasteiger partial charge >= 0.3 is 0 Å². The summed E-state index contributed by atoms with van der Waals surface area (Å²) in [5.41, 5.74) is 1.08. The molecule has 0 spiro atoms. The standard InChI is InChI=1S/C21H23N3O2S2/c1-15(26-16-7-4-3-5-8-16)20(25)23-11-13-24(14-12-23)21-22-19-17(27-2)9-6-10-18(19)28-21/h3-10,15H,11-14H2,1-2H3/t15-/m1/s1. The number of amides is 1. The fourth-order valence-electron chi connectivity index (χ4n) is 3.34. The second-order valence-corrected chi connectivity index (χ2v) is 8.55. The molecule has 1 fully saturated rings. The van der Waals surface area contributed by atoms with Gasteiger partial charge in [0.2, 0.25) is 0 Å². The Bertz CT molecular complexity index is 953. The van der Waals surface area contributed by atoms with E-state index in [-0.39, 0.29) is 5.91 Å². The van der Waals surface area contributed by atoms with Crippen LogP contribution in [0.1, 0.15) is 6.92 Å². The summed E-state index contributed by atoms with van der Waals surface area (Å²) < 4.78 is 7.00. The number of benzene rings is 2. The van der Waals surface area contributed by atoms with Crippen LogP contribution >= 0.6 is 23.1 Å². The molecule has 1 aliphatic heterocycles. The highest BCUT2D eigenvalue weighted by Crippen LogP contribution is 2.34. The van der Waals surface area contributed by atoms with Crippen LogP contribution < -0.4 is 9.64 Å². The summed E-state index contributed by atoms with van der Waals surface area (Å²) in [6.45, 7) is 4.77. The topological polar surface area (TPSA) is 45.7 Å². The van der Waals surface area contributed by atoms with Crippen molar-refractivity contribution in [3.05, 3.63) is 48.5 Å². The van der Waals surface area contributed by atoms with E-state index in [0.29, 0.717) is 13.1 Å². The van der Waals surface area contributed by atoms with E-state index in [1.54, 1.807) is 23.1 Å². The maximum Gasteiger partial charge on any atom is 0.263 e. The summed E-state index contributed by atoms with van der Waals surface area (Å²) in [5, 5.41) is 1.04. The van der Waals surface area contributed by atoms with Crippen molar-refractivity contribution in [2.24, 2.45) is 0 Å². The summed E-state index contributed by atoms with van der Waals surface area (Å²) in [4.78, 5) is 23.0. The second kappa shape index (κ2) is 8.41. The average molecular weight is 414 g/mol. The number of para-hydroxylation sites is 2. The van der Waals surface area contributed by atoms with E-state index >= 15 is 0 Å². The lowest BCUT2D eigenvalue weighted by Crippen LogP contribution is -2.52. The van der Waals surface area contributed by atoms with E-state index in [1.807, 2.05) is 42.2 Å². The SMILES string of the molecule is CSc1cccc2sc(N3CCN(C(=O)[C@@H](C)Oc4ccccc4)CC3)nc12. The van der Waals surface area contributed by atoms with Crippen molar-refractivity contribution in [2.75, 3.05) is 37.3 Å². The van der Waals surface area contributed by atoms with E-state index < -0.39 is 6.10 Å². The summed E-state index contributed by atoms with van der Waals surface area (Å²) >= 11 is 3.45. The Balaban J connectivity index is 1.38. The molecule has 5 nitrogen and oxygen atoms in total. The predicted octanol–water partition coefficient (Wildman–Crippen LogP) is 4.13. The van der Waals surface area contributed by atoms with Crippen LogP contribution in [0, 0.1) is 0 Å². The van der Waals surface area contributed by atoms with Gasteiger partial charge in [-0.05, 0) is 37.4 Å². The van der Waals surface area contributed by atoms with Gasteiger partial charge in [-0.1, -0.05) is 35.6 Å². The van der Waals surface area contributed by atoms with E-state index in [9.17, 15) is 4.79 Å². The molecule has 0 aliphatic carbocycles. The van der Waals surface area contributed by atoms with E-state index in [4.69, 9.17) is 9.72 Å². The van der Waals surface area contributed by atoms with Crippen molar-refractivity contribution in [1.29, 1.82) is 0 Å². The lowest BCUT2D eigenvalue weighted by atomic mass is 10.2. The predicted molar refractivity (Wildman–Crippen MR) is 117 cm³/mol. The van der Waals surface area contributed by atoms with Gasteiger partial charge in [-0.25, -0.2) is 4.98 Å². The van der Waals surface area contributed by atoms with Crippen molar-refractivity contribution in [2.45, 2.75) is 17.9 Å². The van der Waals surface area contributed by atoms with Crippen LogP contribution in [0.25, 0.3) is 10.2 Å². The number of aromatic nitrogens is 1. The van der Waals surface area contributed by atoms with Crippen LogP contribution in [0.5, 0.6) is 5.75 Å². The molecule has 3 aromatic rings. The lowest BCUT2D eigenvalue weighted by molar-refractivity contribution is -0.138. The molecule has 1 saturated heterocycles. The number of carbonyl (C=O) groups is 1. The molecule has 0 N–H and O–H groups in total. The van der Waals surface area contributed by atoms with Crippen LogP contribution in [0.3, 0.4) is 0 Å². The first kappa shape index (κ1) is 19.1. The molecule has 7 heteroatoms. The Morgan fingerprint density at radius 1 is 1.11 bits per heavy atom. The van der Waals surface area contributed by atoms with Gasteiger partial charge in [-0.3, -0.25) is 4.79 Å². The minimum atomic E-state index is -0.486. The minimum absolute atomic E-state index is 0.0393. The van der Waals surface area contributed by atoms with E-state index in [1.165, 1.54) is 9.60 Å². The lowest BCUT2D eigenvalue weighted by Gasteiger charge is -2.35. The molecule has 0 radical (unpaired) electrons. The van der Waals surface area contributed by atoms with E-state index in [0.717, 1.165) is 29.5 Å². The average Bonchev–Trinajstić information content (AvgIpc) is 3.18. The molecule has 4 rings (SSSR count). The van der Waals surface area contributed by atoms with Gasteiger partial charge in [0.05, 0.1) is 10.2 Å². The van der Waals surface area contributed by atoms with E-state index in [2.05, 4.69) is 29.4 Å². The maximum atomic E-state index is 12.7. The highest BCUT2D eigenvalue weighted by molar-refractivity contribution is 7.98. The maximum absolute atomic E-state index is 12.7. The highest BCUT2D eigenvalue weighted by atomic mass is 32.2. The fourth-order valence-corrected chi connectivity index (χ4v) is 5.01. The Morgan fingerprint density at radius 3 is 2.57 bits per heavy atom. The Kier molecular flexibility index (Phi) is 5.73. The molecular weight excluding hydrogens is 390 g/mol. The van der Waals surface area contributed by atoms with Gasteiger partial charge in [-0.15, -0.1) is 11.8 Å². The van der Waals surface area contributed by atoms with Gasteiger partial charge in [-0.2, -0.15) is 0 Å². The van der Waals surface area contributed by atoms with Crippen LogP contribution in [-0.4, -0.2) is 54.3 Å². The Morgan fingerprint density at radius 2 is 1.86 bits per heavy atom. The number of ether oxygens (including phenoxy) is 1. The van der Waals surface area contributed by atoms with Crippen molar-refractivity contribution < 1.29 is 9.53 Å². The molecule has 1 amide bonds. The third-order valence-electron chi connectivity index (χ3n) is 4.86. The van der Waals surface area contributed by atoms with Crippen molar-refractivity contribution in [1.82, 2.24) is 9.88 Å². The highest BCUT2D eigenvalue weighted by Gasteiger charge is 2.27. The third kappa shape index (κ3) is 3.95. The van der Waals surface area contributed by atoms with Crippen molar-refractivity contribution >= 4 is 44.4 Å². The molecule has 0 saturated carbocycles. The number of hydrogen-bond donors (Lipinski definition) is 0. The number of anilines is 1. The molecule has 146 valence electrons. The van der Waals surface area contributed by atoms with Crippen LogP contribution in [0.4, 0.5) is 5.13 Å². The summed E-state index contributed by atoms with van der Waals surface area (Å²) in [6, 6.07) is 15.8. The molecular formula is C21H23N3O2S2. The first-order valence-corrected chi connectivity index (χ1v) is 11.4. The normalized spacial score (nSPS) is 15.6. The van der Waals surface area contributed by atoms with Crippen LogP contribution in [0.15, 0.2) is 53.4 Å². The molecule has 1 aliphatic rings. The number of hydrogen-bond acceptors (Lipinski definition) is 6. The summed E-state index contributed by atoms with van der Waals surface area (Å²) in [7, 11) is 0. The Hall–Kier alpha value is -2.25. The third-order valence-corrected chi connectivity index (χ3v) is 6.71. The molecule has 0 unspecified atom stereocenters. The number of thioether (sulfide) groups is 1. The smallest absolute Gasteiger partial charge is 0.263 e. The van der Waals surface area contributed by atoms with Crippen LogP contribution in [-0.2, 0) is 4.79 Å². The minimum Gasteiger partial charge on any atom is -0.481 e. The number of thiazole rings is 1. The molecule has 0 bridgehead atoms. The van der Waals surface area contributed by atoms with Gasteiger partial charge in [0.25, 0.3) is 5.91 Å². The molecule has 2 heterocycles. The van der Waals surface area contributed by atoms with Crippen molar-refractivity contribution in [3.63, 3.8) is 0 Å². The Labute approximate surface area is 173 Å². The summed E-state index contributed by atoms with van der Waals surface area (Å²) in [5.74, 6) is 0.763. The zero-order valence-electron chi connectivity index (χ0n) is 16.0. The quantitative estimate of drug-likeness (QED) is 0.589. The first-order valence-electron chi connectivity index (χ1n) is 9.34. The number of fused-ring (bicyclic) bond motifs is 1. The van der Waals surface area contributed by atoms with Gasteiger partial charge in [0.15, 0.2) is 11.2 Å². The van der Waals surface area contributed by atoms with Gasteiger partial charge < -0.3 is 14.5 Å². The zero-order valence-corrected chi connectivity index (χ0v) is 17.6. The number of piperazine rings is 1. The molecule has 28 heavy (non-hydrogen) atoms. The summed E-state index contributed by atoms with van der Waals surface area (Å²) in [6.07, 6.45) is 1.59.